The van der Waals surface area contributed by atoms with Crippen LogP contribution in [0, 0.1) is 0 Å². The van der Waals surface area contributed by atoms with Crippen LogP contribution in [-0.4, -0.2) is 52.4 Å². The van der Waals surface area contributed by atoms with E-state index in [0.717, 1.165) is 0 Å². The third-order valence-electron chi connectivity index (χ3n) is 2.49. The maximum Gasteiger partial charge on any atom is 0.375 e. The molecule has 0 aliphatic carbocycles. The second-order valence-electron chi connectivity index (χ2n) is 4.23. The number of hydrogen-bond acceptors (Lipinski definition) is 7. The Hall–Kier alpha value is -1.02. The molecule has 2 N–H and O–H groups in total. The van der Waals surface area contributed by atoms with Gasteiger partial charge in [-0.2, -0.15) is 0 Å². The van der Waals surface area contributed by atoms with Gasteiger partial charge in [0.2, 0.25) is 5.78 Å². The van der Waals surface area contributed by atoms with Crippen molar-refractivity contribution in [2.75, 3.05) is 6.61 Å². The van der Waals surface area contributed by atoms with E-state index in [1.807, 2.05) is 0 Å². The lowest BCUT2D eigenvalue weighted by atomic mass is 10.1. The summed E-state index contributed by atoms with van der Waals surface area (Å²) in [4.78, 5) is 22.4. The summed E-state index contributed by atoms with van der Waals surface area (Å²) in [5.41, 5.74) is 0. The van der Waals surface area contributed by atoms with Crippen LogP contribution in [0.2, 0.25) is 0 Å². The summed E-state index contributed by atoms with van der Waals surface area (Å²) in [7, 11) is 0. The normalized spacial score (nSPS) is 36.5. The Morgan fingerprint density at radius 2 is 1.94 bits per heavy atom. The first-order valence-electron chi connectivity index (χ1n) is 4.76. The van der Waals surface area contributed by atoms with Crippen LogP contribution in [0.4, 0.5) is 0 Å². The summed E-state index contributed by atoms with van der Waals surface area (Å²) in [6, 6.07) is 0. The molecule has 2 unspecified atom stereocenters. The third kappa shape index (κ3) is 1.61. The van der Waals surface area contributed by atoms with Crippen LogP contribution in [0.15, 0.2) is 0 Å². The molecule has 16 heavy (non-hydrogen) atoms. The Labute approximate surface area is 90.9 Å². The lowest BCUT2D eigenvalue weighted by Crippen LogP contribution is -2.45. The van der Waals surface area contributed by atoms with E-state index >= 15 is 0 Å². The van der Waals surface area contributed by atoms with Crippen LogP contribution < -0.4 is 0 Å². The van der Waals surface area contributed by atoms with E-state index in [-0.39, 0.29) is 6.61 Å². The fraction of sp³-hybridized carbons (Fsp3) is 0.778. The minimum absolute atomic E-state index is 0.0484. The molecule has 0 aromatic carbocycles. The van der Waals surface area contributed by atoms with Gasteiger partial charge in [-0.05, 0) is 13.8 Å². The summed E-state index contributed by atoms with van der Waals surface area (Å²) in [5, 5.41) is 18.3. The zero-order valence-corrected chi connectivity index (χ0v) is 8.80. The molecule has 2 rings (SSSR count). The Bertz CT molecular complexity index is 346. The lowest BCUT2D eigenvalue weighted by Gasteiger charge is -2.19. The average Bonchev–Trinajstić information content (AvgIpc) is 2.60. The second kappa shape index (κ2) is 3.24. The summed E-state index contributed by atoms with van der Waals surface area (Å²) in [6.07, 6.45) is -2.14. The van der Waals surface area contributed by atoms with Gasteiger partial charge in [-0.15, -0.1) is 0 Å². The highest BCUT2D eigenvalue weighted by Crippen LogP contribution is 2.30. The summed E-state index contributed by atoms with van der Waals surface area (Å²) < 4.78 is 15.1. The smallest absolute Gasteiger partial charge is 0.375 e. The maximum absolute atomic E-state index is 11.5. The van der Waals surface area contributed by atoms with Gasteiger partial charge in [0.05, 0.1) is 6.61 Å². The van der Waals surface area contributed by atoms with Crippen LogP contribution in [-0.2, 0) is 23.8 Å². The van der Waals surface area contributed by atoms with Gasteiger partial charge in [-0.1, -0.05) is 0 Å². The molecule has 2 aliphatic heterocycles. The van der Waals surface area contributed by atoms with E-state index in [0.29, 0.717) is 0 Å². The second-order valence-corrected chi connectivity index (χ2v) is 4.23. The molecular formula is C9H12O7. The highest BCUT2D eigenvalue weighted by atomic mass is 16.8. The first-order chi connectivity index (χ1) is 7.24. The lowest BCUT2D eigenvalue weighted by molar-refractivity contribution is -0.190. The number of carbonyl (C=O) groups is 2. The summed E-state index contributed by atoms with van der Waals surface area (Å²) >= 11 is 0. The van der Waals surface area contributed by atoms with Gasteiger partial charge in [0.1, 0.15) is 6.10 Å². The van der Waals surface area contributed by atoms with Crippen molar-refractivity contribution in [3.8, 4) is 0 Å². The Balaban J connectivity index is 2.14. The molecule has 0 saturated carbocycles. The molecule has 7 heteroatoms. The first-order valence-corrected chi connectivity index (χ1v) is 4.76. The zero-order valence-electron chi connectivity index (χ0n) is 8.80. The fourth-order valence-corrected chi connectivity index (χ4v) is 1.66. The van der Waals surface area contributed by atoms with Crippen LogP contribution in [0.3, 0.4) is 0 Å². The van der Waals surface area contributed by atoms with E-state index in [1.54, 1.807) is 13.8 Å². The van der Waals surface area contributed by atoms with E-state index in [2.05, 4.69) is 4.74 Å². The van der Waals surface area contributed by atoms with Gasteiger partial charge in [-0.25, -0.2) is 4.79 Å². The van der Waals surface area contributed by atoms with E-state index in [9.17, 15) is 9.59 Å². The molecule has 2 saturated heterocycles. The minimum Gasteiger partial charge on any atom is -0.447 e. The average molecular weight is 232 g/mol. The monoisotopic (exact) mass is 232 g/mol. The molecule has 0 aromatic heterocycles. The van der Waals surface area contributed by atoms with Crippen LogP contribution in [0.5, 0.6) is 0 Å². The SMILES string of the molecule is CC1(C)OCC(C2OC(=O)C(O)(O)C2=O)O1. The first kappa shape index (κ1) is 11.5. The van der Waals surface area contributed by atoms with Crippen LogP contribution in [0.1, 0.15) is 13.8 Å². The van der Waals surface area contributed by atoms with Gasteiger partial charge in [-0.3, -0.25) is 4.79 Å². The highest BCUT2D eigenvalue weighted by molar-refractivity contribution is 6.12. The van der Waals surface area contributed by atoms with Gasteiger partial charge in [0.15, 0.2) is 11.9 Å². The number of aliphatic hydroxyl groups is 2. The summed E-state index contributed by atoms with van der Waals surface area (Å²) in [6.45, 7) is 3.32. The summed E-state index contributed by atoms with van der Waals surface area (Å²) in [5.74, 6) is -6.45. The number of rotatable bonds is 1. The zero-order chi connectivity index (χ0) is 12.1. The van der Waals surface area contributed by atoms with Crippen molar-refractivity contribution in [2.24, 2.45) is 0 Å². The topological polar surface area (TPSA) is 102 Å². The van der Waals surface area contributed by atoms with Gasteiger partial charge in [0.25, 0.3) is 0 Å². The standard InChI is InChI=1S/C9H12O7/c1-8(2)14-3-4(16-8)5-6(10)9(12,13)7(11)15-5/h4-5,12-13H,3H2,1-2H3. The van der Waals surface area contributed by atoms with Gasteiger partial charge < -0.3 is 24.4 Å². The molecule has 0 spiro atoms. The molecule has 0 amide bonds. The van der Waals surface area contributed by atoms with Crippen molar-refractivity contribution >= 4 is 11.8 Å². The fourth-order valence-electron chi connectivity index (χ4n) is 1.66. The molecule has 2 atom stereocenters. The maximum atomic E-state index is 11.5. The number of hydrogen-bond donors (Lipinski definition) is 2. The largest absolute Gasteiger partial charge is 0.447 e. The van der Waals surface area contributed by atoms with E-state index in [4.69, 9.17) is 19.7 Å². The number of cyclic esters (lactones) is 1. The molecular weight excluding hydrogens is 220 g/mol. The Morgan fingerprint density at radius 3 is 2.31 bits per heavy atom. The molecule has 7 nitrogen and oxygen atoms in total. The molecule has 0 radical (unpaired) electrons. The predicted molar refractivity (Wildman–Crippen MR) is 47.0 cm³/mol. The van der Waals surface area contributed by atoms with Crippen molar-refractivity contribution in [3.05, 3.63) is 0 Å². The quantitative estimate of drug-likeness (QED) is 0.316. The highest BCUT2D eigenvalue weighted by Gasteiger charge is 2.59. The van der Waals surface area contributed by atoms with Crippen molar-refractivity contribution < 1.29 is 34.0 Å². The van der Waals surface area contributed by atoms with Crippen molar-refractivity contribution in [2.45, 2.75) is 37.6 Å². The van der Waals surface area contributed by atoms with Crippen molar-refractivity contribution in [3.63, 3.8) is 0 Å². The van der Waals surface area contributed by atoms with E-state index < -0.39 is 35.5 Å². The van der Waals surface area contributed by atoms with Crippen molar-refractivity contribution in [1.82, 2.24) is 0 Å². The number of esters is 1. The van der Waals surface area contributed by atoms with Gasteiger partial charge in [0, 0.05) is 0 Å². The molecule has 0 aromatic rings. The van der Waals surface area contributed by atoms with E-state index in [1.165, 1.54) is 0 Å². The number of Topliss-reactive ketones (excluding diaryl/α,β-unsaturated/α-hetero) is 1. The Morgan fingerprint density at radius 1 is 1.31 bits per heavy atom. The molecule has 90 valence electrons. The number of ketones is 1. The molecule has 0 bridgehead atoms. The number of carbonyl (C=O) groups excluding carboxylic acids is 2. The molecule has 2 aliphatic rings. The Kier molecular flexibility index (Phi) is 2.32. The van der Waals surface area contributed by atoms with Gasteiger partial charge >= 0.3 is 11.8 Å². The molecule has 2 heterocycles. The van der Waals surface area contributed by atoms with Crippen LogP contribution >= 0.6 is 0 Å². The third-order valence-corrected chi connectivity index (χ3v) is 2.49. The number of ether oxygens (including phenoxy) is 3. The van der Waals surface area contributed by atoms with Crippen molar-refractivity contribution in [1.29, 1.82) is 0 Å². The minimum atomic E-state index is -3.07. The predicted octanol–water partition coefficient (Wildman–Crippen LogP) is -1.69. The molecule has 2 fully saturated rings. The van der Waals surface area contributed by atoms with Crippen LogP contribution in [0.25, 0.3) is 0 Å².